The number of nitrogens with zero attached hydrogens (tertiary/aromatic N) is 1. The van der Waals surface area contributed by atoms with Gasteiger partial charge in [0, 0.05) is 49.4 Å². The van der Waals surface area contributed by atoms with Gasteiger partial charge in [0.05, 0.1) is 6.61 Å². The third kappa shape index (κ3) is 3.82. The molecule has 108 valence electrons. The lowest BCUT2D eigenvalue weighted by molar-refractivity contribution is 0.0947. The van der Waals surface area contributed by atoms with Crippen molar-refractivity contribution >= 4 is 16.8 Å². The van der Waals surface area contributed by atoms with E-state index >= 15 is 0 Å². The number of ether oxygens (including phenoxy) is 1. The highest BCUT2D eigenvalue weighted by molar-refractivity contribution is 5.98. The monoisotopic (exact) mass is 275 g/mol. The van der Waals surface area contributed by atoms with Crippen LogP contribution in [0, 0.1) is 0 Å². The molecule has 2 N–H and O–H groups in total. The molecule has 0 atom stereocenters. The van der Waals surface area contributed by atoms with Crippen molar-refractivity contribution in [2.45, 2.75) is 0 Å². The van der Waals surface area contributed by atoms with Gasteiger partial charge < -0.3 is 19.9 Å². The van der Waals surface area contributed by atoms with Crippen molar-refractivity contribution in [2.24, 2.45) is 0 Å². The maximum Gasteiger partial charge on any atom is 0.251 e. The summed E-state index contributed by atoms with van der Waals surface area (Å²) in [5.41, 5.74) is 1.73. The minimum absolute atomic E-state index is 0.0340. The molecule has 2 aromatic rings. The van der Waals surface area contributed by atoms with Gasteiger partial charge in [0.15, 0.2) is 0 Å². The molecule has 1 aromatic heterocycles. The molecule has 0 unspecified atom stereocenters. The van der Waals surface area contributed by atoms with Crippen LogP contribution >= 0.6 is 0 Å². The van der Waals surface area contributed by atoms with Gasteiger partial charge in [0.1, 0.15) is 0 Å². The summed E-state index contributed by atoms with van der Waals surface area (Å²) in [5.74, 6) is -0.0340. The van der Waals surface area contributed by atoms with E-state index in [-0.39, 0.29) is 5.91 Å². The van der Waals surface area contributed by atoms with Crippen molar-refractivity contribution < 1.29 is 9.53 Å². The van der Waals surface area contributed by atoms with Gasteiger partial charge in [-0.1, -0.05) is 0 Å². The zero-order chi connectivity index (χ0) is 14.4. The van der Waals surface area contributed by atoms with E-state index in [4.69, 9.17) is 4.74 Å². The standard InChI is InChI=1S/C15H21N3O2/c1-18(9-10-20-2)8-7-17-15(19)13-3-4-14-12(11-13)5-6-16-14/h3-6,11,16H,7-10H2,1-2H3,(H,17,19). The number of methoxy groups -OCH3 is 1. The first-order valence-corrected chi connectivity index (χ1v) is 6.73. The molecule has 0 fully saturated rings. The zero-order valence-corrected chi connectivity index (χ0v) is 12.0. The minimum Gasteiger partial charge on any atom is -0.383 e. The summed E-state index contributed by atoms with van der Waals surface area (Å²) >= 11 is 0. The fourth-order valence-electron chi connectivity index (χ4n) is 2.02. The van der Waals surface area contributed by atoms with E-state index in [0.29, 0.717) is 18.7 Å². The Morgan fingerprint density at radius 3 is 3.00 bits per heavy atom. The molecule has 1 amide bonds. The average Bonchev–Trinajstić information content (AvgIpc) is 2.92. The molecular weight excluding hydrogens is 254 g/mol. The van der Waals surface area contributed by atoms with Gasteiger partial charge in [-0.25, -0.2) is 0 Å². The second-order valence-electron chi connectivity index (χ2n) is 4.83. The Morgan fingerprint density at radius 2 is 2.20 bits per heavy atom. The van der Waals surface area contributed by atoms with Gasteiger partial charge in [-0.15, -0.1) is 0 Å². The summed E-state index contributed by atoms with van der Waals surface area (Å²) < 4.78 is 5.01. The second-order valence-corrected chi connectivity index (χ2v) is 4.83. The normalized spacial score (nSPS) is 11.2. The van der Waals surface area contributed by atoms with E-state index in [0.717, 1.165) is 24.0 Å². The second kappa shape index (κ2) is 7.07. The molecular formula is C15H21N3O2. The van der Waals surface area contributed by atoms with Crippen LogP contribution in [-0.2, 0) is 4.74 Å². The van der Waals surface area contributed by atoms with Crippen LogP contribution in [0.3, 0.4) is 0 Å². The number of aromatic amines is 1. The minimum atomic E-state index is -0.0340. The summed E-state index contributed by atoms with van der Waals surface area (Å²) in [6.45, 7) is 3.00. The van der Waals surface area contributed by atoms with Crippen LogP contribution in [0.5, 0.6) is 0 Å². The van der Waals surface area contributed by atoms with E-state index < -0.39 is 0 Å². The van der Waals surface area contributed by atoms with Crippen molar-refractivity contribution in [3.8, 4) is 0 Å². The zero-order valence-electron chi connectivity index (χ0n) is 12.0. The summed E-state index contributed by atoms with van der Waals surface area (Å²) in [4.78, 5) is 17.3. The first-order valence-electron chi connectivity index (χ1n) is 6.73. The Bertz CT molecular complexity index is 565. The molecule has 0 saturated heterocycles. The molecule has 0 aliphatic rings. The lowest BCUT2D eigenvalue weighted by atomic mass is 10.1. The number of hydrogen-bond acceptors (Lipinski definition) is 3. The van der Waals surface area contributed by atoms with Gasteiger partial charge in [-0.05, 0) is 31.3 Å². The van der Waals surface area contributed by atoms with Gasteiger partial charge in [0.2, 0.25) is 0 Å². The number of carbonyl (C=O) groups is 1. The Hall–Kier alpha value is -1.85. The Morgan fingerprint density at radius 1 is 1.35 bits per heavy atom. The third-order valence-corrected chi connectivity index (χ3v) is 3.27. The molecule has 1 heterocycles. The summed E-state index contributed by atoms with van der Waals surface area (Å²) in [6.07, 6.45) is 1.87. The van der Waals surface area contributed by atoms with E-state index in [9.17, 15) is 4.79 Å². The Balaban J connectivity index is 1.82. The van der Waals surface area contributed by atoms with E-state index in [2.05, 4.69) is 15.2 Å². The highest BCUT2D eigenvalue weighted by Crippen LogP contribution is 2.13. The molecule has 0 bridgehead atoms. The average molecular weight is 275 g/mol. The van der Waals surface area contributed by atoms with Crippen LogP contribution in [0.15, 0.2) is 30.5 Å². The largest absolute Gasteiger partial charge is 0.383 e. The van der Waals surface area contributed by atoms with E-state index in [1.54, 1.807) is 7.11 Å². The molecule has 2 rings (SSSR count). The number of amides is 1. The first kappa shape index (κ1) is 14.6. The highest BCUT2D eigenvalue weighted by atomic mass is 16.5. The number of aromatic nitrogens is 1. The predicted octanol–water partition coefficient (Wildman–Crippen LogP) is 1.48. The lowest BCUT2D eigenvalue weighted by Crippen LogP contribution is -2.34. The smallest absolute Gasteiger partial charge is 0.251 e. The fraction of sp³-hybridized carbons (Fsp3) is 0.400. The molecule has 5 heteroatoms. The predicted molar refractivity (Wildman–Crippen MR) is 80.0 cm³/mol. The molecule has 1 aromatic carbocycles. The van der Waals surface area contributed by atoms with E-state index in [1.165, 1.54) is 0 Å². The SMILES string of the molecule is COCCN(C)CCNC(=O)c1ccc2[nH]ccc2c1. The van der Waals surface area contributed by atoms with Crippen LogP contribution in [0.1, 0.15) is 10.4 Å². The molecule has 0 aliphatic heterocycles. The quantitative estimate of drug-likeness (QED) is 0.804. The number of rotatable bonds is 7. The van der Waals surface area contributed by atoms with Gasteiger partial charge in [-0.2, -0.15) is 0 Å². The number of fused-ring (bicyclic) bond motifs is 1. The van der Waals surface area contributed by atoms with Gasteiger partial charge in [-0.3, -0.25) is 4.79 Å². The lowest BCUT2D eigenvalue weighted by Gasteiger charge is -2.16. The first-order chi connectivity index (χ1) is 9.70. The number of carbonyl (C=O) groups excluding carboxylic acids is 1. The van der Waals surface area contributed by atoms with Crippen molar-refractivity contribution in [1.29, 1.82) is 0 Å². The van der Waals surface area contributed by atoms with Crippen LogP contribution in [0.2, 0.25) is 0 Å². The fourth-order valence-corrected chi connectivity index (χ4v) is 2.02. The number of benzene rings is 1. The van der Waals surface area contributed by atoms with Gasteiger partial charge in [0.25, 0.3) is 5.91 Å². The Kier molecular flexibility index (Phi) is 5.15. The Labute approximate surface area is 118 Å². The topological polar surface area (TPSA) is 57.4 Å². The molecule has 20 heavy (non-hydrogen) atoms. The molecule has 0 spiro atoms. The summed E-state index contributed by atoms with van der Waals surface area (Å²) in [6, 6.07) is 7.62. The molecule has 5 nitrogen and oxygen atoms in total. The van der Waals surface area contributed by atoms with Crippen LogP contribution in [0.4, 0.5) is 0 Å². The summed E-state index contributed by atoms with van der Waals surface area (Å²) in [5, 5.41) is 3.98. The van der Waals surface area contributed by atoms with E-state index in [1.807, 2.05) is 37.5 Å². The molecule has 0 radical (unpaired) electrons. The van der Waals surface area contributed by atoms with Gasteiger partial charge >= 0.3 is 0 Å². The van der Waals surface area contributed by atoms with Crippen LogP contribution in [0.25, 0.3) is 10.9 Å². The number of likely N-dealkylation sites (N-methyl/N-ethyl adjacent to an activating group) is 1. The number of hydrogen-bond donors (Lipinski definition) is 2. The van der Waals surface area contributed by atoms with Crippen LogP contribution < -0.4 is 5.32 Å². The summed E-state index contributed by atoms with van der Waals surface area (Å²) in [7, 11) is 3.70. The highest BCUT2D eigenvalue weighted by Gasteiger charge is 2.06. The maximum absolute atomic E-state index is 12.0. The number of nitrogens with one attached hydrogen (secondary N) is 2. The maximum atomic E-state index is 12.0. The van der Waals surface area contributed by atoms with Crippen molar-refractivity contribution in [2.75, 3.05) is 40.4 Å². The molecule has 0 saturated carbocycles. The van der Waals surface area contributed by atoms with Crippen LogP contribution in [-0.4, -0.2) is 56.2 Å². The molecule has 0 aliphatic carbocycles. The van der Waals surface area contributed by atoms with Crippen molar-refractivity contribution in [3.63, 3.8) is 0 Å². The van der Waals surface area contributed by atoms with Crippen molar-refractivity contribution in [3.05, 3.63) is 36.0 Å². The number of H-pyrrole nitrogens is 1. The van der Waals surface area contributed by atoms with Crippen molar-refractivity contribution in [1.82, 2.24) is 15.2 Å². The third-order valence-electron chi connectivity index (χ3n) is 3.27.